The van der Waals surface area contributed by atoms with Gasteiger partial charge < -0.3 is 10.1 Å². The number of thiophene rings is 1. The summed E-state index contributed by atoms with van der Waals surface area (Å²) in [6, 6.07) is 0.218. The van der Waals surface area contributed by atoms with Crippen molar-refractivity contribution in [3.8, 4) is 0 Å². The van der Waals surface area contributed by atoms with Crippen LogP contribution in [0.5, 0.6) is 0 Å². The smallest absolute Gasteiger partial charge is 0.317 e. The van der Waals surface area contributed by atoms with E-state index in [9.17, 15) is 9.59 Å². The van der Waals surface area contributed by atoms with E-state index in [0.717, 1.165) is 46.5 Å². The molecule has 1 amide bonds. The third kappa shape index (κ3) is 4.79. The van der Waals surface area contributed by atoms with Crippen molar-refractivity contribution in [2.75, 3.05) is 5.75 Å². The molecule has 0 radical (unpaired) electrons. The molecule has 0 saturated heterocycles. The van der Waals surface area contributed by atoms with E-state index >= 15 is 0 Å². The number of amides is 1. The van der Waals surface area contributed by atoms with Gasteiger partial charge in [0.05, 0.1) is 5.75 Å². The van der Waals surface area contributed by atoms with Crippen LogP contribution in [0.4, 0.5) is 0 Å². The van der Waals surface area contributed by atoms with Crippen LogP contribution in [0.25, 0.3) is 10.2 Å². The van der Waals surface area contributed by atoms with E-state index in [2.05, 4.69) is 22.2 Å². The summed E-state index contributed by atoms with van der Waals surface area (Å²) in [7, 11) is 0. The molecule has 0 aromatic carbocycles. The Balaban J connectivity index is 1.59. The molecule has 6 nitrogen and oxygen atoms in total. The van der Waals surface area contributed by atoms with E-state index in [4.69, 9.17) is 4.74 Å². The van der Waals surface area contributed by atoms with Crippen LogP contribution in [-0.2, 0) is 14.3 Å². The molecule has 27 heavy (non-hydrogen) atoms. The zero-order valence-electron chi connectivity index (χ0n) is 16.1. The molecule has 1 atom stereocenters. The van der Waals surface area contributed by atoms with Gasteiger partial charge in [0.2, 0.25) is 0 Å². The molecule has 1 fully saturated rings. The first-order valence-corrected chi connectivity index (χ1v) is 11.0. The van der Waals surface area contributed by atoms with Gasteiger partial charge in [-0.3, -0.25) is 9.59 Å². The number of fused-ring (bicyclic) bond motifs is 1. The van der Waals surface area contributed by atoms with Crippen molar-refractivity contribution in [2.24, 2.45) is 0 Å². The summed E-state index contributed by atoms with van der Waals surface area (Å²) in [6.07, 6.45) is 3.51. The average Bonchev–Trinajstić information content (AvgIpc) is 3.21. The lowest BCUT2D eigenvalue weighted by Gasteiger charge is -2.17. The van der Waals surface area contributed by atoms with Gasteiger partial charge in [0.25, 0.3) is 5.91 Å². The van der Waals surface area contributed by atoms with E-state index in [1.54, 1.807) is 18.3 Å². The quantitative estimate of drug-likeness (QED) is 0.447. The summed E-state index contributed by atoms with van der Waals surface area (Å²) in [5.41, 5.74) is 1.15. The van der Waals surface area contributed by atoms with Crippen molar-refractivity contribution in [3.05, 3.63) is 16.3 Å². The Labute approximate surface area is 167 Å². The van der Waals surface area contributed by atoms with Gasteiger partial charge in [0.1, 0.15) is 15.7 Å². The highest BCUT2D eigenvalue weighted by atomic mass is 32.2. The Morgan fingerprint density at radius 1 is 1.26 bits per heavy atom. The molecule has 3 rings (SSSR count). The highest BCUT2D eigenvalue weighted by Gasteiger charge is 2.23. The minimum atomic E-state index is -0.781. The van der Waals surface area contributed by atoms with E-state index in [1.807, 2.05) is 13.8 Å². The Morgan fingerprint density at radius 3 is 2.67 bits per heavy atom. The second-order valence-corrected chi connectivity index (χ2v) is 9.12. The fourth-order valence-corrected chi connectivity index (χ4v) is 5.27. The number of aryl methyl sites for hydroxylation is 3. The summed E-state index contributed by atoms with van der Waals surface area (Å²) in [5.74, 6) is 0.165. The normalized spacial score (nSPS) is 15.9. The molecule has 0 bridgehead atoms. The lowest BCUT2D eigenvalue weighted by Crippen LogP contribution is -2.41. The summed E-state index contributed by atoms with van der Waals surface area (Å²) in [6.45, 7) is 7.57. The van der Waals surface area contributed by atoms with Crippen LogP contribution in [0.2, 0.25) is 0 Å². The minimum Gasteiger partial charge on any atom is -0.452 e. The summed E-state index contributed by atoms with van der Waals surface area (Å²) in [4.78, 5) is 35.5. The van der Waals surface area contributed by atoms with E-state index < -0.39 is 12.1 Å². The Morgan fingerprint density at radius 2 is 1.96 bits per heavy atom. The number of ether oxygens (including phenoxy) is 1. The Bertz CT molecular complexity index is 859. The average molecular weight is 408 g/mol. The summed E-state index contributed by atoms with van der Waals surface area (Å²) >= 11 is 2.97. The van der Waals surface area contributed by atoms with Gasteiger partial charge >= 0.3 is 5.97 Å². The number of rotatable bonds is 6. The number of carbonyl (C=O) groups is 2. The number of nitrogens with zero attached hydrogens (tertiary/aromatic N) is 2. The van der Waals surface area contributed by atoms with Crippen LogP contribution in [-0.4, -0.2) is 39.7 Å². The molecule has 1 saturated carbocycles. The first-order valence-electron chi connectivity index (χ1n) is 9.22. The Kier molecular flexibility index (Phi) is 6.37. The zero-order chi connectivity index (χ0) is 19.6. The molecule has 2 aromatic heterocycles. The fourth-order valence-electron chi connectivity index (χ4n) is 3.22. The lowest BCUT2D eigenvalue weighted by atomic mass is 10.2. The Hall–Kier alpha value is -1.67. The highest BCUT2D eigenvalue weighted by molar-refractivity contribution is 8.00. The minimum absolute atomic E-state index is 0.112. The van der Waals surface area contributed by atoms with Crippen molar-refractivity contribution in [3.63, 3.8) is 0 Å². The standard InChI is InChI=1S/C19H25N3O3S2/c1-10-12(3)27-19-16(10)18(20-13(4)21-19)26-9-15(23)25-11(2)17(24)22-14-7-5-6-8-14/h11,14H,5-9H2,1-4H3,(H,22,24)/t11-/m0/s1. The van der Waals surface area contributed by atoms with Crippen molar-refractivity contribution >= 4 is 45.2 Å². The molecule has 0 aliphatic heterocycles. The molecular formula is C19H25N3O3S2. The van der Waals surface area contributed by atoms with Crippen LogP contribution in [0.3, 0.4) is 0 Å². The predicted octanol–water partition coefficient (Wildman–Crippen LogP) is 3.70. The first-order chi connectivity index (χ1) is 12.8. The molecule has 1 N–H and O–H groups in total. The second-order valence-electron chi connectivity index (χ2n) is 6.95. The van der Waals surface area contributed by atoms with Gasteiger partial charge in [0.15, 0.2) is 6.10 Å². The number of esters is 1. The van der Waals surface area contributed by atoms with E-state index in [-0.39, 0.29) is 17.7 Å². The SMILES string of the molecule is Cc1nc(SCC(=O)O[C@@H](C)C(=O)NC2CCCC2)c2c(C)c(C)sc2n1. The second kappa shape index (κ2) is 8.56. The van der Waals surface area contributed by atoms with Gasteiger partial charge in [-0.2, -0.15) is 0 Å². The first kappa shape index (κ1) is 20.1. The van der Waals surface area contributed by atoms with Crippen LogP contribution in [0.15, 0.2) is 5.03 Å². The van der Waals surface area contributed by atoms with Crippen molar-refractivity contribution in [1.82, 2.24) is 15.3 Å². The van der Waals surface area contributed by atoms with Crippen LogP contribution in [0, 0.1) is 20.8 Å². The van der Waals surface area contributed by atoms with Crippen molar-refractivity contribution in [1.29, 1.82) is 0 Å². The predicted molar refractivity (Wildman–Crippen MR) is 108 cm³/mol. The fraction of sp³-hybridized carbons (Fsp3) is 0.579. The maximum Gasteiger partial charge on any atom is 0.317 e. The van der Waals surface area contributed by atoms with E-state index in [1.165, 1.54) is 16.6 Å². The number of hydrogen-bond donors (Lipinski definition) is 1. The lowest BCUT2D eigenvalue weighted by molar-refractivity contribution is -0.152. The number of thioether (sulfide) groups is 1. The van der Waals surface area contributed by atoms with Gasteiger partial charge in [-0.15, -0.1) is 11.3 Å². The number of nitrogens with one attached hydrogen (secondary N) is 1. The summed E-state index contributed by atoms with van der Waals surface area (Å²) in [5, 5.41) is 4.76. The molecule has 8 heteroatoms. The molecule has 2 heterocycles. The molecule has 1 aliphatic rings. The number of carbonyl (C=O) groups excluding carboxylic acids is 2. The van der Waals surface area contributed by atoms with Crippen LogP contribution < -0.4 is 5.32 Å². The van der Waals surface area contributed by atoms with Crippen LogP contribution in [0.1, 0.15) is 48.9 Å². The molecule has 0 unspecified atom stereocenters. The third-order valence-corrected chi connectivity index (χ3v) is 6.86. The maximum absolute atomic E-state index is 12.2. The molecule has 1 aliphatic carbocycles. The molecular weight excluding hydrogens is 382 g/mol. The number of aromatic nitrogens is 2. The monoisotopic (exact) mass is 407 g/mol. The number of hydrogen-bond acceptors (Lipinski definition) is 7. The van der Waals surface area contributed by atoms with Gasteiger partial charge in [0, 0.05) is 16.3 Å². The van der Waals surface area contributed by atoms with Crippen molar-refractivity contribution < 1.29 is 14.3 Å². The zero-order valence-corrected chi connectivity index (χ0v) is 17.8. The van der Waals surface area contributed by atoms with Gasteiger partial charge in [-0.1, -0.05) is 24.6 Å². The van der Waals surface area contributed by atoms with Crippen LogP contribution >= 0.6 is 23.1 Å². The van der Waals surface area contributed by atoms with E-state index in [0.29, 0.717) is 5.82 Å². The maximum atomic E-state index is 12.2. The third-order valence-electron chi connectivity index (χ3n) is 4.81. The van der Waals surface area contributed by atoms with Gasteiger partial charge in [-0.05, 0) is 46.1 Å². The molecule has 146 valence electrons. The highest BCUT2D eigenvalue weighted by Crippen LogP contribution is 2.35. The molecule has 0 spiro atoms. The van der Waals surface area contributed by atoms with Crippen molar-refractivity contribution in [2.45, 2.75) is 70.6 Å². The topological polar surface area (TPSA) is 81.2 Å². The summed E-state index contributed by atoms with van der Waals surface area (Å²) < 4.78 is 5.31. The molecule has 2 aromatic rings. The largest absolute Gasteiger partial charge is 0.452 e. The van der Waals surface area contributed by atoms with Gasteiger partial charge in [-0.25, -0.2) is 9.97 Å².